The van der Waals surface area contributed by atoms with Gasteiger partial charge >= 0.3 is 0 Å². The third kappa shape index (κ3) is 6.63. The van der Waals surface area contributed by atoms with Crippen molar-refractivity contribution in [2.45, 2.75) is 11.3 Å². The van der Waals surface area contributed by atoms with E-state index in [1.165, 1.54) is 17.4 Å². The van der Waals surface area contributed by atoms with Crippen molar-refractivity contribution in [2.24, 2.45) is 0 Å². The minimum Gasteiger partial charge on any atom is -0.497 e. The molecule has 1 saturated heterocycles. The van der Waals surface area contributed by atoms with Gasteiger partial charge in [-0.05, 0) is 73.1 Å². The summed E-state index contributed by atoms with van der Waals surface area (Å²) in [5.41, 5.74) is 3.39. The number of anilines is 2. The third-order valence-corrected chi connectivity index (χ3v) is 8.53. The van der Waals surface area contributed by atoms with Crippen molar-refractivity contribution in [3.63, 3.8) is 0 Å². The van der Waals surface area contributed by atoms with Gasteiger partial charge < -0.3 is 19.9 Å². The van der Waals surface area contributed by atoms with Crippen LogP contribution in [0.15, 0.2) is 76.5 Å². The van der Waals surface area contributed by atoms with Crippen molar-refractivity contribution >= 4 is 52.6 Å². The summed E-state index contributed by atoms with van der Waals surface area (Å²) in [5.74, 6) is 0.547. The highest BCUT2D eigenvalue weighted by Crippen LogP contribution is 2.42. The first kappa shape index (κ1) is 28.1. The molecule has 7 nitrogen and oxygen atoms in total. The van der Waals surface area contributed by atoms with Crippen LogP contribution in [0, 0.1) is 0 Å². The van der Waals surface area contributed by atoms with Crippen LogP contribution in [-0.2, 0) is 4.79 Å². The number of nitrogens with one attached hydrogen (secondary N) is 1. The molecule has 1 N–H and O–H groups in total. The number of halogens is 1. The Hall–Kier alpha value is -3.46. The fraction of sp³-hybridized carbons (Fsp3) is 0.290. The number of thioether (sulfide) groups is 1. The number of amides is 2. The first-order valence-corrected chi connectivity index (χ1v) is 14.6. The average Bonchev–Trinajstić information content (AvgIpc) is 2.98. The number of ether oxygens (including phenoxy) is 1. The summed E-state index contributed by atoms with van der Waals surface area (Å²) in [4.78, 5) is 33.9. The number of nitrogens with zero attached hydrogens (tertiary/aromatic N) is 3. The maximum Gasteiger partial charge on any atom is 0.264 e. The lowest BCUT2D eigenvalue weighted by Crippen LogP contribution is -2.47. The van der Waals surface area contributed by atoms with Gasteiger partial charge in [-0.1, -0.05) is 41.6 Å². The van der Waals surface area contributed by atoms with Gasteiger partial charge in [0.1, 0.15) is 5.75 Å². The molecular formula is C31H33ClN4O3S. The first-order chi connectivity index (χ1) is 19.4. The highest BCUT2D eigenvalue weighted by atomic mass is 35.5. The topological polar surface area (TPSA) is 65.1 Å². The van der Waals surface area contributed by atoms with Gasteiger partial charge in [-0.25, -0.2) is 0 Å². The maximum absolute atomic E-state index is 13.1. The van der Waals surface area contributed by atoms with Crippen molar-refractivity contribution in [3.05, 3.63) is 87.8 Å². The molecule has 2 aliphatic heterocycles. The summed E-state index contributed by atoms with van der Waals surface area (Å²) in [7, 11) is 3.37. The van der Waals surface area contributed by atoms with Crippen molar-refractivity contribution in [1.82, 2.24) is 10.2 Å². The number of hydrogen-bond acceptors (Lipinski definition) is 6. The Labute approximate surface area is 244 Å². The summed E-state index contributed by atoms with van der Waals surface area (Å²) < 4.78 is 5.21. The fourth-order valence-corrected chi connectivity index (χ4v) is 6.17. The largest absolute Gasteiger partial charge is 0.497 e. The summed E-state index contributed by atoms with van der Waals surface area (Å²) in [5, 5.41) is 3.80. The van der Waals surface area contributed by atoms with Gasteiger partial charge in [0.05, 0.1) is 17.7 Å². The molecule has 3 aromatic rings. The second kappa shape index (κ2) is 12.8. The van der Waals surface area contributed by atoms with Gasteiger partial charge in [0, 0.05) is 60.9 Å². The SMILES string of the molecule is COc1ccc(/C=C2\Sc3ccc(C(=O)NCCCN4CCN(c5cccc(Cl)c5)CC4)cc3N(C)C2=O)cc1. The molecule has 5 rings (SSSR count). The highest BCUT2D eigenvalue weighted by Gasteiger charge is 2.27. The number of methoxy groups -OCH3 is 1. The van der Waals surface area contributed by atoms with E-state index in [2.05, 4.69) is 21.2 Å². The van der Waals surface area contributed by atoms with Crippen LogP contribution in [0.4, 0.5) is 11.4 Å². The molecule has 2 amide bonds. The molecule has 0 unspecified atom stereocenters. The van der Waals surface area contributed by atoms with Crippen molar-refractivity contribution in [1.29, 1.82) is 0 Å². The highest BCUT2D eigenvalue weighted by molar-refractivity contribution is 8.04. The number of likely N-dealkylation sites (N-methyl/N-ethyl adjacent to an activating group) is 1. The lowest BCUT2D eigenvalue weighted by Gasteiger charge is -2.36. The minimum absolute atomic E-state index is 0.0960. The van der Waals surface area contributed by atoms with Crippen LogP contribution < -0.4 is 19.9 Å². The Morgan fingerprint density at radius 2 is 1.82 bits per heavy atom. The number of carbonyl (C=O) groups excluding carboxylic acids is 2. The van der Waals surface area contributed by atoms with E-state index in [9.17, 15) is 9.59 Å². The van der Waals surface area contributed by atoms with Crippen molar-refractivity contribution in [2.75, 3.05) is 63.2 Å². The zero-order chi connectivity index (χ0) is 28.1. The third-order valence-electron chi connectivity index (χ3n) is 7.21. The van der Waals surface area contributed by atoms with E-state index in [0.29, 0.717) is 17.0 Å². The van der Waals surface area contributed by atoms with Gasteiger partial charge in [-0.3, -0.25) is 14.5 Å². The quantitative estimate of drug-likeness (QED) is 0.286. The molecule has 2 heterocycles. The zero-order valence-electron chi connectivity index (χ0n) is 22.7. The molecule has 0 radical (unpaired) electrons. The Kier molecular flexibility index (Phi) is 8.99. The predicted molar refractivity (Wildman–Crippen MR) is 164 cm³/mol. The average molecular weight is 577 g/mol. The predicted octanol–water partition coefficient (Wildman–Crippen LogP) is 5.40. The van der Waals surface area contributed by atoms with Gasteiger partial charge in [0.25, 0.3) is 11.8 Å². The molecular weight excluding hydrogens is 544 g/mol. The summed E-state index contributed by atoms with van der Waals surface area (Å²) in [6, 6.07) is 21.1. The summed E-state index contributed by atoms with van der Waals surface area (Å²) in [6.07, 6.45) is 2.76. The molecule has 9 heteroatoms. The van der Waals surface area contributed by atoms with Crippen LogP contribution in [0.3, 0.4) is 0 Å². The number of fused-ring (bicyclic) bond motifs is 1. The molecule has 3 aromatic carbocycles. The molecule has 0 atom stereocenters. The molecule has 0 saturated carbocycles. The molecule has 40 heavy (non-hydrogen) atoms. The number of benzene rings is 3. The molecule has 0 aliphatic carbocycles. The van der Waals surface area contributed by atoms with Crippen molar-refractivity contribution in [3.8, 4) is 5.75 Å². The molecule has 0 bridgehead atoms. The number of hydrogen-bond donors (Lipinski definition) is 1. The minimum atomic E-state index is -0.126. The standard InChI is InChI=1S/C31H33ClN4O3S/c1-34-27-20-23(9-12-28(27)40-29(31(34)38)19-22-7-10-26(39-2)11-8-22)30(37)33-13-4-14-35-15-17-36(18-16-35)25-6-3-5-24(32)21-25/h3,5-12,19-21H,4,13-18H2,1-2H3,(H,33,37)/b29-19-. The van der Waals surface area contributed by atoms with E-state index in [4.69, 9.17) is 16.3 Å². The molecule has 1 fully saturated rings. The monoisotopic (exact) mass is 576 g/mol. The van der Waals surface area contributed by atoms with Crippen LogP contribution in [0.2, 0.25) is 5.02 Å². The molecule has 2 aliphatic rings. The normalized spacial score (nSPS) is 16.7. The van der Waals surface area contributed by atoms with E-state index < -0.39 is 0 Å². The lowest BCUT2D eigenvalue weighted by molar-refractivity contribution is -0.114. The summed E-state index contributed by atoms with van der Waals surface area (Å²) >= 11 is 7.56. The zero-order valence-corrected chi connectivity index (χ0v) is 24.3. The maximum atomic E-state index is 13.1. The molecule has 0 spiro atoms. The van der Waals surface area contributed by atoms with Gasteiger partial charge in [-0.2, -0.15) is 0 Å². The first-order valence-electron chi connectivity index (χ1n) is 13.4. The van der Waals surface area contributed by atoms with E-state index >= 15 is 0 Å². The Morgan fingerprint density at radius 1 is 1.05 bits per heavy atom. The van der Waals surface area contributed by atoms with Crippen LogP contribution >= 0.6 is 23.4 Å². The number of piperazine rings is 1. The van der Waals surface area contributed by atoms with Crippen LogP contribution in [0.1, 0.15) is 22.3 Å². The van der Waals surface area contributed by atoms with Crippen LogP contribution in [-0.4, -0.2) is 70.1 Å². The smallest absolute Gasteiger partial charge is 0.264 e. The van der Waals surface area contributed by atoms with E-state index in [1.807, 2.05) is 60.7 Å². The van der Waals surface area contributed by atoms with E-state index in [0.717, 1.165) is 66.1 Å². The number of carbonyl (C=O) groups is 2. The second-order valence-electron chi connectivity index (χ2n) is 9.85. The molecule has 0 aromatic heterocycles. The Morgan fingerprint density at radius 3 is 2.55 bits per heavy atom. The van der Waals surface area contributed by atoms with E-state index in [-0.39, 0.29) is 11.8 Å². The van der Waals surface area contributed by atoms with Crippen LogP contribution in [0.5, 0.6) is 5.75 Å². The summed E-state index contributed by atoms with van der Waals surface area (Å²) in [6.45, 7) is 5.43. The fourth-order valence-electron chi connectivity index (χ4n) is 4.90. The van der Waals surface area contributed by atoms with Gasteiger partial charge in [0.2, 0.25) is 0 Å². The second-order valence-corrected chi connectivity index (χ2v) is 11.4. The van der Waals surface area contributed by atoms with E-state index in [1.54, 1.807) is 25.1 Å². The Balaban J connectivity index is 1.11. The number of rotatable bonds is 8. The lowest BCUT2D eigenvalue weighted by atomic mass is 10.1. The van der Waals surface area contributed by atoms with Crippen molar-refractivity contribution < 1.29 is 14.3 Å². The van der Waals surface area contributed by atoms with Crippen LogP contribution in [0.25, 0.3) is 6.08 Å². The Bertz CT molecular complexity index is 1400. The van der Waals surface area contributed by atoms with Gasteiger partial charge in [0.15, 0.2) is 0 Å². The molecule has 208 valence electrons. The van der Waals surface area contributed by atoms with Gasteiger partial charge in [-0.15, -0.1) is 0 Å².